The minimum atomic E-state index is 0.0458. The molecule has 0 bridgehead atoms. The van der Waals surface area contributed by atoms with E-state index in [1.165, 1.54) is 5.56 Å². The van der Waals surface area contributed by atoms with Crippen LogP contribution in [0.25, 0.3) is 0 Å². The van der Waals surface area contributed by atoms with Gasteiger partial charge in [0.15, 0.2) is 0 Å². The van der Waals surface area contributed by atoms with Crippen molar-refractivity contribution in [3.05, 3.63) is 70.7 Å². The zero-order chi connectivity index (χ0) is 14.9. The van der Waals surface area contributed by atoms with Gasteiger partial charge in [-0.1, -0.05) is 54.1 Å². The lowest BCUT2D eigenvalue weighted by Gasteiger charge is -2.18. The molecular formula is C18H22ClNO. The predicted molar refractivity (Wildman–Crippen MR) is 88.8 cm³/mol. The Morgan fingerprint density at radius 3 is 2.62 bits per heavy atom. The molecule has 0 aliphatic rings. The van der Waals surface area contributed by atoms with E-state index in [2.05, 4.69) is 35.6 Å². The van der Waals surface area contributed by atoms with Crippen LogP contribution in [0.1, 0.15) is 23.7 Å². The van der Waals surface area contributed by atoms with E-state index in [4.69, 9.17) is 16.3 Å². The van der Waals surface area contributed by atoms with Crippen molar-refractivity contribution in [3.63, 3.8) is 0 Å². The van der Waals surface area contributed by atoms with Gasteiger partial charge in [-0.2, -0.15) is 0 Å². The Morgan fingerprint density at radius 2 is 1.90 bits per heavy atom. The number of benzene rings is 2. The summed E-state index contributed by atoms with van der Waals surface area (Å²) in [6, 6.07) is 18.4. The Kier molecular flexibility index (Phi) is 6.74. The van der Waals surface area contributed by atoms with E-state index in [1.54, 1.807) is 0 Å². The number of likely N-dealkylation sites (N-methyl/N-ethyl adjacent to an activating group) is 1. The van der Waals surface area contributed by atoms with E-state index >= 15 is 0 Å². The molecule has 21 heavy (non-hydrogen) atoms. The fourth-order valence-electron chi connectivity index (χ4n) is 2.31. The molecule has 0 amide bonds. The molecule has 0 fully saturated rings. The highest BCUT2D eigenvalue weighted by molar-refractivity contribution is 6.30. The van der Waals surface area contributed by atoms with Crippen LogP contribution in [0.4, 0.5) is 0 Å². The molecule has 0 aromatic heterocycles. The summed E-state index contributed by atoms with van der Waals surface area (Å²) in [4.78, 5) is 0. The summed E-state index contributed by atoms with van der Waals surface area (Å²) in [6.07, 6.45) is 2.11. The van der Waals surface area contributed by atoms with E-state index < -0.39 is 0 Å². The molecule has 3 heteroatoms. The smallest absolute Gasteiger partial charge is 0.0949 e. The molecule has 2 aromatic rings. The number of halogens is 1. The van der Waals surface area contributed by atoms with Crippen LogP contribution in [-0.2, 0) is 11.2 Å². The molecule has 0 aliphatic carbocycles. The molecular weight excluding hydrogens is 282 g/mol. The standard InChI is InChI=1S/C18H22ClNO/c1-20-14-18(16-10-5-11-17(19)13-16)21-12-6-9-15-7-3-2-4-8-15/h2-5,7-8,10-11,13,18,20H,6,9,12,14H2,1H3. The van der Waals surface area contributed by atoms with Gasteiger partial charge in [-0.25, -0.2) is 0 Å². The van der Waals surface area contributed by atoms with Gasteiger partial charge in [0.05, 0.1) is 6.10 Å². The number of hydrogen-bond donors (Lipinski definition) is 1. The maximum absolute atomic E-state index is 6.05. The van der Waals surface area contributed by atoms with Crippen LogP contribution in [0.15, 0.2) is 54.6 Å². The minimum absolute atomic E-state index is 0.0458. The van der Waals surface area contributed by atoms with Crippen LogP contribution in [0.3, 0.4) is 0 Å². The first kappa shape index (κ1) is 16.0. The highest BCUT2D eigenvalue weighted by Gasteiger charge is 2.11. The Bertz CT molecular complexity index is 530. The molecule has 2 nitrogen and oxygen atoms in total. The number of hydrogen-bond acceptors (Lipinski definition) is 2. The van der Waals surface area contributed by atoms with Crippen molar-refractivity contribution in [2.75, 3.05) is 20.2 Å². The van der Waals surface area contributed by atoms with Gasteiger partial charge in [-0.3, -0.25) is 0 Å². The van der Waals surface area contributed by atoms with E-state index in [9.17, 15) is 0 Å². The van der Waals surface area contributed by atoms with Crippen molar-refractivity contribution in [1.82, 2.24) is 5.32 Å². The molecule has 0 aliphatic heterocycles. The molecule has 0 saturated carbocycles. The van der Waals surface area contributed by atoms with Crippen LogP contribution in [0.2, 0.25) is 5.02 Å². The van der Waals surface area contributed by atoms with Gasteiger partial charge < -0.3 is 10.1 Å². The van der Waals surface area contributed by atoms with Crippen LogP contribution in [0, 0.1) is 0 Å². The lowest BCUT2D eigenvalue weighted by Crippen LogP contribution is -2.20. The average Bonchev–Trinajstić information content (AvgIpc) is 2.51. The molecule has 0 saturated heterocycles. The second-order valence-electron chi connectivity index (χ2n) is 5.06. The molecule has 0 spiro atoms. The van der Waals surface area contributed by atoms with Gasteiger partial charge in [-0.05, 0) is 43.1 Å². The summed E-state index contributed by atoms with van der Waals surface area (Å²) >= 11 is 6.05. The quantitative estimate of drug-likeness (QED) is 0.736. The molecule has 2 rings (SSSR count). The molecule has 0 radical (unpaired) electrons. The third-order valence-corrected chi connectivity index (χ3v) is 3.62. The fraction of sp³-hybridized carbons (Fsp3) is 0.333. The lowest BCUT2D eigenvalue weighted by atomic mass is 10.1. The highest BCUT2D eigenvalue weighted by Crippen LogP contribution is 2.20. The van der Waals surface area contributed by atoms with Gasteiger partial charge in [0.2, 0.25) is 0 Å². The van der Waals surface area contributed by atoms with Gasteiger partial charge in [0, 0.05) is 18.2 Å². The normalized spacial score (nSPS) is 12.3. The SMILES string of the molecule is CNCC(OCCCc1ccccc1)c1cccc(Cl)c1. The summed E-state index contributed by atoms with van der Waals surface area (Å²) in [7, 11) is 1.94. The van der Waals surface area contributed by atoms with Gasteiger partial charge >= 0.3 is 0 Å². The van der Waals surface area contributed by atoms with E-state index in [0.29, 0.717) is 0 Å². The van der Waals surface area contributed by atoms with Crippen molar-refractivity contribution < 1.29 is 4.74 Å². The summed E-state index contributed by atoms with van der Waals surface area (Å²) in [5.41, 5.74) is 2.48. The van der Waals surface area contributed by atoms with E-state index in [-0.39, 0.29) is 6.10 Å². The largest absolute Gasteiger partial charge is 0.372 e. The third kappa shape index (κ3) is 5.50. The van der Waals surface area contributed by atoms with Gasteiger partial charge in [-0.15, -0.1) is 0 Å². The number of nitrogens with one attached hydrogen (secondary N) is 1. The van der Waals surface area contributed by atoms with Gasteiger partial charge in [0.25, 0.3) is 0 Å². The Hall–Kier alpha value is -1.35. The monoisotopic (exact) mass is 303 g/mol. The van der Waals surface area contributed by atoms with Crippen molar-refractivity contribution in [1.29, 1.82) is 0 Å². The summed E-state index contributed by atoms with van der Waals surface area (Å²) < 4.78 is 6.02. The topological polar surface area (TPSA) is 21.3 Å². The van der Waals surface area contributed by atoms with Crippen molar-refractivity contribution >= 4 is 11.6 Å². The first-order chi connectivity index (χ1) is 10.3. The third-order valence-electron chi connectivity index (χ3n) is 3.38. The number of ether oxygens (including phenoxy) is 1. The predicted octanol–water partition coefficient (Wildman–Crippen LogP) is 4.25. The second kappa shape index (κ2) is 8.83. The lowest BCUT2D eigenvalue weighted by molar-refractivity contribution is 0.0524. The zero-order valence-corrected chi connectivity index (χ0v) is 13.1. The number of rotatable bonds is 8. The van der Waals surface area contributed by atoms with Crippen LogP contribution < -0.4 is 5.32 Å². The summed E-state index contributed by atoms with van der Waals surface area (Å²) in [5, 5.41) is 3.93. The van der Waals surface area contributed by atoms with E-state index in [1.807, 2.05) is 31.3 Å². The van der Waals surface area contributed by atoms with Crippen LogP contribution in [-0.4, -0.2) is 20.2 Å². The maximum atomic E-state index is 6.05. The summed E-state index contributed by atoms with van der Waals surface area (Å²) in [5.74, 6) is 0. The Morgan fingerprint density at radius 1 is 1.10 bits per heavy atom. The van der Waals surface area contributed by atoms with Crippen LogP contribution >= 0.6 is 11.6 Å². The molecule has 1 atom stereocenters. The second-order valence-corrected chi connectivity index (χ2v) is 5.50. The number of aryl methyl sites for hydroxylation is 1. The molecule has 112 valence electrons. The van der Waals surface area contributed by atoms with E-state index in [0.717, 1.165) is 36.6 Å². The van der Waals surface area contributed by atoms with Crippen molar-refractivity contribution in [3.8, 4) is 0 Å². The van der Waals surface area contributed by atoms with Crippen molar-refractivity contribution in [2.45, 2.75) is 18.9 Å². The van der Waals surface area contributed by atoms with Gasteiger partial charge in [0.1, 0.15) is 0 Å². The first-order valence-corrected chi connectivity index (χ1v) is 7.73. The van der Waals surface area contributed by atoms with Crippen LogP contribution in [0.5, 0.6) is 0 Å². The Labute approximate surface area is 132 Å². The minimum Gasteiger partial charge on any atom is -0.372 e. The maximum Gasteiger partial charge on any atom is 0.0949 e. The van der Waals surface area contributed by atoms with Crippen molar-refractivity contribution in [2.24, 2.45) is 0 Å². The molecule has 1 unspecified atom stereocenters. The molecule has 1 N–H and O–H groups in total. The zero-order valence-electron chi connectivity index (χ0n) is 12.4. The fourth-order valence-corrected chi connectivity index (χ4v) is 2.51. The molecule has 0 heterocycles. The Balaban J connectivity index is 1.83. The summed E-state index contributed by atoms with van der Waals surface area (Å²) in [6.45, 7) is 1.53. The first-order valence-electron chi connectivity index (χ1n) is 7.35. The average molecular weight is 304 g/mol. The molecule has 2 aromatic carbocycles. The highest BCUT2D eigenvalue weighted by atomic mass is 35.5.